The normalized spacial score (nSPS) is 16.2. The van der Waals surface area contributed by atoms with Crippen molar-refractivity contribution >= 4 is 21.8 Å². The number of sulfonamides is 1. The second-order valence-corrected chi connectivity index (χ2v) is 11.4. The summed E-state index contributed by atoms with van der Waals surface area (Å²) >= 11 is 0. The van der Waals surface area contributed by atoms with Gasteiger partial charge in [0.1, 0.15) is 0 Å². The highest BCUT2D eigenvalue weighted by Crippen LogP contribution is 2.22. The van der Waals surface area contributed by atoms with E-state index in [1.165, 1.54) is 11.1 Å². The van der Waals surface area contributed by atoms with Gasteiger partial charge in [0.25, 0.3) is 0 Å². The van der Waals surface area contributed by atoms with Crippen molar-refractivity contribution in [3.63, 3.8) is 0 Å². The predicted octanol–water partition coefficient (Wildman–Crippen LogP) is 5.09. The Hall–Kier alpha value is -2.97. The van der Waals surface area contributed by atoms with Gasteiger partial charge in [-0.15, -0.1) is 0 Å². The molecule has 1 aromatic carbocycles. The molecule has 0 amide bonds. The lowest BCUT2D eigenvalue weighted by Crippen LogP contribution is -2.32. The van der Waals surface area contributed by atoms with Crippen molar-refractivity contribution in [1.29, 1.82) is 0 Å². The molecule has 36 heavy (non-hydrogen) atoms. The number of nitrogens with zero attached hydrogens (tertiary/aromatic N) is 5. The molecule has 0 bridgehead atoms. The number of hydrogen-bond donors (Lipinski definition) is 0. The van der Waals surface area contributed by atoms with Crippen LogP contribution in [0.5, 0.6) is 0 Å². The van der Waals surface area contributed by atoms with Crippen LogP contribution in [0.1, 0.15) is 57.6 Å². The van der Waals surface area contributed by atoms with E-state index >= 15 is 0 Å². The summed E-state index contributed by atoms with van der Waals surface area (Å²) in [5.41, 5.74) is 5.67. The Morgan fingerprint density at radius 1 is 1.03 bits per heavy atom. The second-order valence-electron chi connectivity index (χ2n) is 9.42. The Morgan fingerprint density at radius 3 is 2.50 bits per heavy atom. The minimum atomic E-state index is -3.51. The Balaban J connectivity index is 1.41. The lowest BCUT2D eigenvalue weighted by molar-refractivity contribution is 0.348. The first-order valence-electron chi connectivity index (χ1n) is 12.9. The highest BCUT2D eigenvalue weighted by molar-refractivity contribution is 7.89. The summed E-state index contributed by atoms with van der Waals surface area (Å²) in [5, 5.41) is 11.3. The van der Waals surface area contributed by atoms with Gasteiger partial charge in [-0.25, -0.2) is 8.42 Å². The summed E-state index contributed by atoms with van der Waals surface area (Å²) in [7, 11) is -3.51. The van der Waals surface area contributed by atoms with E-state index in [1.54, 1.807) is 16.4 Å². The van der Waals surface area contributed by atoms with Crippen LogP contribution in [0.3, 0.4) is 0 Å². The molecular weight excluding hydrogens is 470 g/mol. The maximum atomic E-state index is 13.2. The van der Waals surface area contributed by atoms with Crippen LogP contribution in [-0.4, -0.2) is 59.9 Å². The number of aromatic nitrogens is 2. The Morgan fingerprint density at radius 2 is 1.81 bits per heavy atom. The highest BCUT2D eigenvalue weighted by Gasteiger charge is 2.23. The molecule has 0 saturated heterocycles. The lowest BCUT2D eigenvalue weighted by Gasteiger charge is -2.24. The van der Waals surface area contributed by atoms with Gasteiger partial charge in [-0.3, -0.25) is 9.69 Å². The summed E-state index contributed by atoms with van der Waals surface area (Å²) in [6.45, 7) is 9.33. The summed E-state index contributed by atoms with van der Waals surface area (Å²) in [4.78, 5) is 0.342. The maximum absolute atomic E-state index is 13.2. The average molecular weight is 508 g/mol. The van der Waals surface area contributed by atoms with Crippen LogP contribution in [0.25, 0.3) is 5.57 Å². The van der Waals surface area contributed by atoms with Crippen molar-refractivity contribution in [3.8, 4) is 0 Å². The smallest absolute Gasteiger partial charge is 0.243 e. The fourth-order valence-corrected chi connectivity index (χ4v) is 6.27. The molecule has 2 heterocycles. The van der Waals surface area contributed by atoms with E-state index in [1.807, 2.05) is 49.3 Å². The molecule has 192 valence electrons. The summed E-state index contributed by atoms with van der Waals surface area (Å²) in [5.74, 6) is 0. The molecule has 0 N–H and O–H groups in total. The van der Waals surface area contributed by atoms with Crippen LogP contribution in [0.4, 0.5) is 0 Å². The lowest BCUT2D eigenvalue weighted by atomic mass is 9.99. The number of rotatable bonds is 11. The highest BCUT2D eigenvalue weighted by atomic mass is 32.2. The fraction of sp³-hybridized carbons (Fsp3) is 0.429. The van der Waals surface area contributed by atoms with Gasteiger partial charge >= 0.3 is 0 Å². The third-order valence-corrected chi connectivity index (χ3v) is 8.44. The summed E-state index contributed by atoms with van der Waals surface area (Å²) in [6.07, 6.45) is 16.4. The Bertz CT molecular complexity index is 1280. The van der Waals surface area contributed by atoms with Crippen molar-refractivity contribution in [3.05, 3.63) is 77.2 Å². The monoisotopic (exact) mass is 507 g/mol. The maximum Gasteiger partial charge on any atom is 0.243 e. The number of hydrogen-bond acceptors (Lipinski definition) is 5. The topological polar surface area (TPSA) is 70.8 Å². The average Bonchev–Trinajstić information content (AvgIpc) is 3.34. The van der Waals surface area contributed by atoms with Gasteiger partial charge in [-0.2, -0.15) is 14.5 Å². The van der Waals surface area contributed by atoms with Gasteiger partial charge in [0.15, 0.2) is 0 Å². The minimum Gasteiger partial charge on any atom is -0.289 e. The molecule has 0 unspecified atom stereocenters. The van der Waals surface area contributed by atoms with Crippen LogP contribution in [-0.2, 0) is 16.6 Å². The number of benzene rings is 1. The zero-order chi connectivity index (χ0) is 25.5. The first-order chi connectivity index (χ1) is 17.4. The number of hydrazone groups is 1. The van der Waals surface area contributed by atoms with Crippen molar-refractivity contribution in [1.82, 2.24) is 19.1 Å². The molecule has 4 rings (SSSR count). The number of allylic oxidation sites excluding steroid dienone is 3. The van der Waals surface area contributed by atoms with Crippen LogP contribution >= 0.6 is 0 Å². The standard InChI is InChI=1S/C28H37N5O2S/c1-4-14-33(15-5-2)36(34,35)28-12-8-10-24(17-28)20-32-22-27(19-30-32)25-13-16-31(29-18-25)21-26-11-7-6-9-23(26)3/h8-13,17-19,22H,4-7,14-16,20-21H2,1-3H3. The van der Waals surface area contributed by atoms with Gasteiger partial charge in [-0.05, 0) is 55.9 Å². The molecule has 0 fully saturated rings. The first kappa shape index (κ1) is 26.1. The van der Waals surface area contributed by atoms with E-state index in [9.17, 15) is 8.42 Å². The van der Waals surface area contributed by atoms with E-state index in [-0.39, 0.29) is 0 Å². The fourth-order valence-electron chi connectivity index (χ4n) is 4.57. The molecule has 7 nitrogen and oxygen atoms in total. The minimum absolute atomic E-state index is 0.342. The Kier molecular flexibility index (Phi) is 8.59. The Labute approximate surface area is 215 Å². The van der Waals surface area contributed by atoms with Crippen LogP contribution in [0.15, 0.2) is 76.0 Å². The molecule has 0 spiro atoms. The SMILES string of the molecule is CCCN(CCC)S(=O)(=O)c1cccc(Cn2cc(C3=CCN(CC4=CCCC=C4C)N=C3)cn2)c1. The molecule has 0 saturated carbocycles. The van der Waals surface area contributed by atoms with Crippen LogP contribution < -0.4 is 0 Å². The molecule has 1 aromatic heterocycles. The zero-order valence-corrected chi connectivity index (χ0v) is 22.4. The van der Waals surface area contributed by atoms with Crippen molar-refractivity contribution in [2.24, 2.45) is 5.10 Å². The second kappa shape index (κ2) is 11.8. The van der Waals surface area contributed by atoms with Gasteiger partial charge in [0.2, 0.25) is 10.0 Å². The van der Waals surface area contributed by atoms with E-state index in [0.717, 1.165) is 55.5 Å². The van der Waals surface area contributed by atoms with E-state index in [4.69, 9.17) is 0 Å². The van der Waals surface area contributed by atoms with Crippen LogP contribution in [0, 0.1) is 0 Å². The van der Waals surface area contributed by atoms with E-state index in [0.29, 0.717) is 24.5 Å². The van der Waals surface area contributed by atoms with Crippen LogP contribution in [0.2, 0.25) is 0 Å². The van der Waals surface area contributed by atoms with Gasteiger partial charge in [-0.1, -0.05) is 49.8 Å². The molecule has 1 aliphatic carbocycles. The van der Waals surface area contributed by atoms with Gasteiger partial charge in [0, 0.05) is 30.4 Å². The molecule has 2 aromatic rings. The van der Waals surface area contributed by atoms with E-state index in [2.05, 4.69) is 40.4 Å². The molecule has 2 aliphatic rings. The molecular formula is C28H37N5O2S. The molecule has 0 radical (unpaired) electrons. The van der Waals surface area contributed by atoms with E-state index < -0.39 is 10.0 Å². The molecule has 0 atom stereocenters. The third-order valence-electron chi connectivity index (χ3n) is 6.54. The zero-order valence-electron chi connectivity index (χ0n) is 21.6. The quantitative estimate of drug-likeness (QED) is 0.425. The van der Waals surface area contributed by atoms with Crippen molar-refractivity contribution < 1.29 is 8.42 Å². The predicted molar refractivity (Wildman–Crippen MR) is 146 cm³/mol. The molecule has 8 heteroatoms. The van der Waals surface area contributed by atoms with Gasteiger partial charge < -0.3 is 0 Å². The van der Waals surface area contributed by atoms with Crippen molar-refractivity contribution in [2.45, 2.75) is 57.9 Å². The summed E-state index contributed by atoms with van der Waals surface area (Å²) in [6, 6.07) is 7.21. The largest absolute Gasteiger partial charge is 0.289 e. The van der Waals surface area contributed by atoms with Gasteiger partial charge in [0.05, 0.1) is 36.9 Å². The van der Waals surface area contributed by atoms with Crippen molar-refractivity contribution in [2.75, 3.05) is 26.2 Å². The molecule has 1 aliphatic heterocycles. The first-order valence-corrected chi connectivity index (χ1v) is 14.3. The third kappa shape index (κ3) is 6.23. The summed E-state index contributed by atoms with van der Waals surface area (Å²) < 4.78 is 29.8.